The summed E-state index contributed by atoms with van der Waals surface area (Å²) in [6.45, 7) is 3.28. The summed E-state index contributed by atoms with van der Waals surface area (Å²) >= 11 is 0. The molecule has 6 heteroatoms. The zero-order chi connectivity index (χ0) is 24.0. The molecule has 2 aliphatic heterocycles. The summed E-state index contributed by atoms with van der Waals surface area (Å²) in [5, 5.41) is 2.46. The largest absolute Gasteiger partial charge is 0.491 e. The lowest BCUT2D eigenvalue weighted by Gasteiger charge is -2.23. The first kappa shape index (κ1) is 23.3. The van der Waals surface area contributed by atoms with Gasteiger partial charge in [0.15, 0.2) is 0 Å². The number of ether oxygens (including phenoxy) is 1. The molecule has 0 bridgehead atoms. The van der Waals surface area contributed by atoms with E-state index in [0.29, 0.717) is 36.8 Å². The first-order chi connectivity index (χ1) is 17.2. The summed E-state index contributed by atoms with van der Waals surface area (Å²) in [4.78, 5) is 33.6. The van der Waals surface area contributed by atoms with Gasteiger partial charge in [0, 0.05) is 43.8 Å². The van der Waals surface area contributed by atoms with Crippen LogP contribution >= 0.6 is 0 Å². The fourth-order valence-corrected chi connectivity index (χ4v) is 5.37. The van der Waals surface area contributed by atoms with E-state index in [1.165, 1.54) is 16.3 Å². The predicted octanol–water partition coefficient (Wildman–Crippen LogP) is 4.72. The maximum Gasteiger partial charge on any atom is 0.257 e. The number of benzene rings is 2. The van der Waals surface area contributed by atoms with Crippen LogP contribution in [0.25, 0.3) is 10.8 Å². The molecule has 3 aromatic rings. The van der Waals surface area contributed by atoms with Crippen LogP contribution in [0.2, 0.25) is 0 Å². The molecule has 3 heterocycles. The lowest BCUT2D eigenvalue weighted by atomic mass is 9.91. The lowest BCUT2D eigenvalue weighted by molar-refractivity contribution is -0.128. The van der Waals surface area contributed by atoms with Gasteiger partial charge in [-0.3, -0.25) is 14.6 Å². The Hall–Kier alpha value is -3.41. The quantitative estimate of drug-likeness (QED) is 0.500. The molecule has 0 aliphatic carbocycles. The molecule has 182 valence electrons. The molecule has 1 atom stereocenters. The van der Waals surface area contributed by atoms with E-state index in [2.05, 4.69) is 29.2 Å². The molecule has 6 nitrogen and oxygen atoms in total. The Bertz CT molecular complexity index is 1190. The number of hydrogen-bond donors (Lipinski definition) is 0. The number of aromatic nitrogens is 1. The van der Waals surface area contributed by atoms with Crippen molar-refractivity contribution in [2.45, 2.75) is 38.5 Å². The number of carbonyl (C=O) groups is 2. The van der Waals surface area contributed by atoms with Crippen LogP contribution < -0.4 is 4.74 Å². The van der Waals surface area contributed by atoms with Gasteiger partial charge in [-0.05, 0) is 61.1 Å². The zero-order valence-electron chi connectivity index (χ0n) is 20.2. The van der Waals surface area contributed by atoms with E-state index in [0.717, 1.165) is 51.7 Å². The van der Waals surface area contributed by atoms with Crippen molar-refractivity contribution in [2.75, 3.05) is 32.8 Å². The Kier molecular flexibility index (Phi) is 7.26. The molecule has 2 saturated heterocycles. The first-order valence-electron chi connectivity index (χ1n) is 12.8. The monoisotopic (exact) mass is 471 g/mol. The van der Waals surface area contributed by atoms with E-state index >= 15 is 0 Å². The van der Waals surface area contributed by atoms with E-state index in [-0.39, 0.29) is 11.8 Å². The summed E-state index contributed by atoms with van der Waals surface area (Å²) < 4.78 is 5.98. The van der Waals surface area contributed by atoms with Gasteiger partial charge < -0.3 is 14.5 Å². The number of para-hydroxylation sites is 1. The number of rotatable bonds is 7. The standard InChI is InChI=1S/C29H33N3O3/c33-28-12-6-14-31(28)17-18-35-27-11-4-3-10-26(27)29(34)32-15-5-7-22(13-16-32)19-24-21-30-20-23-8-1-2-9-25(23)24/h1-4,8-11,20-22H,5-7,12-19H2/t22-/m0/s1. The molecular formula is C29H33N3O3. The van der Waals surface area contributed by atoms with Gasteiger partial charge in [-0.15, -0.1) is 0 Å². The van der Waals surface area contributed by atoms with Crippen LogP contribution in [0.15, 0.2) is 60.9 Å². The van der Waals surface area contributed by atoms with Gasteiger partial charge in [-0.1, -0.05) is 36.4 Å². The Labute approximate surface area is 206 Å². The average Bonchev–Trinajstić information content (AvgIpc) is 3.15. The summed E-state index contributed by atoms with van der Waals surface area (Å²) in [5.74, 6) is 1.36. The maximum absolute atomic E-state index is 13.5. The van der Waals surface area contributed by atoms with Crippen molar-refractivity contribution >= 4 is 22.6 Å². The third kappa shape index (κ3) is 5.47. The summed E-state index contributed by atoms with van der Waals surface area (Å²) in [6.07, 6.45) is 9.54. The van der Waals surface area contributed by atoms with E-state index in [1.807, 2.05) is 46.5 Å². The van der Waals surface area contributed by atoms with Crippen LogP contribution in [0, 0.1) is 5.92 Å². The van der Waals surface area contributed by atoms with Gasteiger partial charge in [0.25, 0.3) is 5.91 Å². The average molecular weight is 472 g/mol. The van der Waals surface area contributed by atoms with Crippen LogP contribution in [0.5, 0.6) is 5.75 Å². The molecule has 5 rings (SSSR count). The second-order valence-electron chi connectivity index (χ2n) is 9.64. The molecule has 0 saturated carbocycles. The normalized spacial score (nSPS) is 18.6. The van der Waals surface area contributed by atoms with Gasteiger partial charge in [0.05, 0.1) is 12.1 Å². The number of pyridine rings is 1. The van der Waals surface area contributed by atoms with Crippen LogP contribution in [0.4, 0.5) is 0 Å². The number of nitrogens with zero attached hydrogens (tertiary/aromatic N) is 3. The van der Waals surface area contributed by atoms with Crippen molar-refractivity contribution in [3.8, 4) is 5.75 Å². The van der Waals surface area contributed by atoms with Gasteiger partial charge in [0.2, 0.25) is 5.91 Å². The van der Waals surface area contributed by atoms with Gasteiger partial charge in [-0.25, -0.2) is 0 Å². The Balaban J connectivity index is 1.20. The number of hydrogen-bond acceptors (Lipinski definition) is 4. The minimum Gasteiger partial charge on any atom is -0.491 e. The Morgan fingerprint density at radius 2 is 1.83 bits per heavy atom. The third-order valence-electron chi connectivity index (χ3n) is 7.30. The van der Waals surface area contributed by atoms with Gasteiger partial charge in [-0.2, -0.15) is 0 Å². The van der Waals surface area contributed by atoms with Crippen LogP contribution in [-0.4, -0.2) is 59.4 Å². The molecule has 0 unspecified atom stereocenters. The summed E-state index contributed by atoms with van der Waals surface area (Å²) in [7, 11) is 0. The molecule has 35 heavy (non-hydrogen) atoms. The minimum absolute atomic E-state index is 0.0327. The fraction of sp³-hybridized carbons (Fsp3) is 0.414. The van der Waals surface area contributed by atoms with E-state index in [9.17, 15) is 9.59 Å². The molecule has 0 radical (unpaired) electrons. The molecule has 2 aromatic carbocycles. The van der Waals surface area contributed by atoms with Crippen molar-refractivity contribution in [1.29, 1.82) is 0 Å². The lowest BCUT2D eigenvalue weighted by Crippen LogP contribution is -2.33. The second kappa shape index (κ2) is 10.9. The molecule has 0 N–H and O–H groups in total. The number of fused-ring (bicyclic) bond motifs is 1. The van der Waals surface area contributed by atoms with E-state index < -0.39 is 0 Å². The van der Waals surface area contributed by atoms with Crippen LogP contribution in [0.3, 0.4) is 0 Å². The van der Waals surface area contributed by atoms with Crippen LogP contribution in [-0.2, 0) is 11.2 Å². The Morgan fingerprint density at radius 1 is 0.971 bits per heavy atom. The maximum atomic E-state index is 13.5. The van der Waals surface area contributed by atoms with Crippen molar-refractivity contribution in [3.63, 3.8) is 0 Å². The highest BCUT2D eigenvalue weighted by atomic mass is 16.5. The van der Waals surface area contributed by atoms with Crippen molar-refractivity contribution in [1.82, 2.24) is 14.8 Å². The molecule has 2 aliphatic rings. The molecule has 0 spiro atoms. The predicted molar refractivity (Wildman–Crippen MR) is 136 cm³/mol. The number of likely N-dealkylation sites (tertiary alicyclic amines) is 2. The summed E-state index contributed by atoms with van der Waals surface area (Å²) in [6, 6.07) is 15.9. The fourth-order valence-electron chi connectivity index (χ4n) is 5.37. The first-order valence-corrected chi connectivity index (χ1v) is 12.8. The minimum atomic E-state index is 0.0327. The summed E-state index contributed by atoms with van der Waals surface area (Å²) in [5.41, 5.74) is 1.90. The van der Waals surface area contributed by atoms with Crippen LogP contribution in [0.1, 0.15) is 48.0 Å². The Morgan fingerprint density at radius 3 is 2.71 bits per heavy atom. The molecule has 1 aromatic heterocycles. The van der Waals surface area contributed by atoms with Gasteiger partial charge >= 0.3 is 0 Å². The van der Waals surface area contributed by atoms with E-state index in [1.54, 1.807) is 0 Å². The SMILES string of the molecule is O=C1CCCN1CCOc1ccccc1C(=O)N1CCC[C@H](Cc2cncc3ccccc23)CC1. The zero-order valence-corrected chi connectivity index (χ0v) is 20.2. The highest BCUT2D eigenvalue weighted by Gasteiger charge is 2.25. The highest BCUT2D eigenvalue weighted by Crippen LogP contribution is 2.27. The third-order valence-corrected chi connectivity index (χ3v) is 7.30. The van der Waals surface area contributed by atoms with Crippen molar-refractivity contribution in [2.24, 2.45) is 5.92 Å². The van der Waals surface area contributed by atoms with Crippen molar-refractivity contribution in [3.05, 3.63) is 72.1 Å². The highest BCUT2D eigenvalue weighted by molar-refractivity contribution is 5.97. The number of carbonyl (C=O) groups excluding carboxylic acids is 2. The topological polar surface area (TPSA) is 62.7 Å². The van der Waals surface area contributed by atoms with E-state index in [4.69, 9.17) is 4.74 Å². The van der Waals surface area contributed by atoms with Crippen molar-refractivity contribution < 1.29 is 14.3 Å². The number of amides is 2. The second-order valence-corrected chi connectivity index (χ2v) is 9.64. The smallest absolute Gasteiger partial charge is 0.257 e. The molecule has 2 amide bonds. The molecule has 2 fully saturated rings. The van der Waals surface area contributed by atoms with Gasteiger partial charge in [0.1, 0.15) is 12.4 Å². The molecular weight excluding hydrogens is 438 g/mol.